The van der Waals surface area contributed by atoms with E-state index in [4.69, 9.17) is 33.2 Å². The lowest BCUT2D eigenvalue weighted by Crippen LogP contribution is -2.68. The lowest BCUT2D eigenvalue weighted by atomic mass is 9.95. The average Bonchev–Trinajstić information content (AvgIpc) is 3.01. The van der Waals surface area contributed by atoms with Crippen molar-refractivity contribution in [2.24, 2.45) is 0 Å². The van der Waals surface area contributed by atoms with Crippen molar-refractivity contribution in [2.45, 2.75) is 130 Å². The van der Waals surface area contributed by atoms with Gasteiger partial charge in [-0.25, -0.2) is 0 Å². The fourth-order valence-corrected chi connectivity index (χ4v) is 5.44. The van der Waals surface area contributed by atoms with Gasteiger partial charge in [-0.1, -0.05) is 0 Å². The molecule has 0 aromatic carbocycles. The van der Waals surface area contributed by atoms with Crippen molar-refractivity contribution in [3.05, 3.63) is 0 Å². The molecule has 44 heavy (non-hydrogen) atoms. The van der Waals surface area contributed by atoms with Gasteiger partial charge >= 0.3 is 0 Å². The van der Waals surface area contributed by atoms with Crippen LogP contribution in [0.25, 0.3) is 0 Å². The highest BCUT2D eigenvalue weighted by Gasteiger charge is 2.55. The van der Waals surface area contributed by atoms with Crippen LogP contribution in [0.2, 0.25) is 0 Å². The first-order valence-electron chi connectivity index (χ1n) is 14.0. The van der Waals surface area contributed by atoms with Crippen LogP contribution in [-0.2, 0) is 33.2 Å². The summed E-state index contributed by atoms with van der Waals surface area (Å²) in [4.78, 5) is 0. The largest absolute Gasteiger partial charge is 0.394 e. The molecule has 20 atom stereocenters. The Morgan fingerprint density at radius 1 is 0.409 bits per heavy atom. The van der Waals surface area contributed by atoms with Gasteiger partial charge in [-0.15, -0.1) is 0 Å². The number of aliphatic hydroxyl groups is 13. The van der Waals surface area contributed by atoms with Gasteiger partial charge in [-0.2, -0.15) is 0 Å². The summed E-state index contributed by atoms with van der Waals surface area (Å²) in [6.45, 7) is -1.19. The van der Waals surface area contributed by atoms with Crippen LogP contribution >= 0.6 is 0 Å². The van der Waals surface area contributed by atoms with E-state index in [-0.39, 0.29) is 0 Å². The normalized spacial score (nSPS) is 53.9. The molecular formula is C24H42O20. The zero-order valence-electron chi connectivity index (χ0n) is 23.3. The second-order valence-electron chi connectivity index (χ2n) is 11.1. The molecule has 0 radical (unpaired) electrons. The van der Waals surface area contributed by atoms with Gasteiger partial charge < -0.3 is 99.5 Å². The second-order valence-corrected chi connectivity index (χ2v) is 11.1. The molecule has 0 bridgehead atoms. The molecule has 0 saturated carbocycles. The van der Waals surface area contributed by atoms with Gasteiger partial charge in [0.15, 0.2) is 25.2 Å². The van der Waals surface area contributed by atoms with Crippen molar-refractivity contribution >= 4 is 0 Å². The highest BCUT2D eigenvalue weighted by Crippen LogP contribution is 2.35. The summed E-state index contributed by atoms with van der Waals surface area (Å²) >= 11 is 0. The number of rotatable bonds is 9. The summed E-state index contributed by atoms with van der Waals surface area (Å²) in [7, 11) is 0. The molecule has 4 aliphatic rings. The zero-order chi connectivity index (χ0) is 32.6. The first-order chi connectivity index (χ1) is 20.7. The van der Waals surface area contributed by atoms with Gasteiger partial charge in [-0.05, 0) is 6.92 Å². The maximum absolute atomic E-state index is 11.0. The third-order valence-corrected chi connectivity index (χ3v) is 8.17. The Bertz CT molecular complexity index is 900. The standard InChI is InChI=1S/C24H42O20/c1-5-9(28)13(32)16(35)22(38-5)43-19-15(34)11(30)7(3-26)41-24(19)42-18-12(31)8(4-27)39-21(37)20(18)44-23-17(36)14(33)10(29)6(2-25)40-23/h5-37H,2-4H2,1H3/t5-,6+,7+,8+,9-,10+,11-,12+,13+,14-,15-,16+,17+,18-,19+,20+,21?,22-,23-,24-/m0/s1. The average molecular weight is 651 g/mol. The molecule has 4 fully saturated rings. The Morgan fingerprint density at radius 2 is 0.841 bits per heavy atom. The predicted molar refractivity (Wildman–Crippen MR) is 132 cm³/mol. The van der Waals surface area contributed by atoms with Crippen LogP contribution in [0.4, 0.5) is 0 Å². The molecule has 0 aliphatic carbocycles. The fraction of sp³-hybridized carbons (Fsp3) is 1.00. The Labute approximate surface area is 249 Å². The van der Waals surface area contributed by atoms with E-state index in [1.165, 1.54) is 6.92 Å². The number of ether oxygens (including phenoxy) is 7. The number of hydrogen-bond acceptors (Lipinski definition) is 20. The van der Waals surface area contributed by atoms with Gasteiger partial charge in [0.05, 0.1) is 25.9 Å². The smallest absolute Gasteiger partial charge is 0.187 e. The topological polar surface area (TPSA) is 328 Å². The minimum absolute atomic E-state index is 0.819. The van der Waals surface area contributed by atoms with Crippen molar-refractivity contribution in [2.75, 3.05) is 19.8 Å². The Morgan fingerprint density at radius 3 is 1.41 bits per heavy atom. The van der Waals surface area contributed by atoms with Crippen molar-refractivity contribution in [1.82, 2.24) is 0 Å². The van der Waals surface area contributed by atoms with Crippen LogP contribution in [0, 0.1) is 0 Å². The van der Waals surface area contributed by atoms with E-state index in [1.807, 2.05) is 0 Å². The highest BCUT2D eigenvalue weighted by atomic mass is 16.8. The Kier molecular flexibility index (Phi) is 12.3. The summed E-state index contributed by atoms with van der Waals surface area (Å²) in [5, 5.41) is 133. The summed E-state index contributed by atoms with van der Waals surface area (Å²) in [6.07, 6.45) is -35.0. The van der Waals surface area contributed by atoms with Crippen LogP contribution in [0.15, 0.2) is 0 Å². The molecule has 4 aliphatic heterocycles. The molecular weight excluding hydrogens is 608 g/mol. The summed E-state index contributed by atoms with van der Waals surface area (Å²) in [6, 6.07) is 0. The van der Waals surface area contributed by atoms with Crippen LogP contribution in [0.5, 0.6) is 0 Å². The molecule has 4 rings (SSSR count). The molecule has 4 saturated heterocycles. The third kappa shape index (κ3) is 7.05. The van der Waals surface area contributed by atoms with E-state index in [0.29, 0.717) is 0 Å². The molecule has 13 N–H and O–H groups in total. The summed E-state index contributed by atoms with van der Waals surface area (Å²) < 4.78 is 38.5. The van der Waals surface area contributed by atoms with Crippen molar-refractivity contribution in [3.8, 4) is 0 Å². The van der Waals surface area contributed by atoms with Crippen molar-refractivity contribution < 1.29 is 99.5 Å². The number of hydrogen-bond donors (Lipinski definition) is 13. The molecule has 20 nitrogen and oxygen atoms in total. The molecule has 0 spiro atoms. The molecule has 20 heteroatoms. The maximum atomic E-state index is 11.0. The van der Waals surface area contributed by atoms with Gasteiger partial charge in [-0.3, -0.25) is 0 Å². The molecule has 0 amide bonds. The number of aliphatic hydroxyl groups excluding tert-OH is 13. The zero-order valence-corrected chi connectivity index (χ0v) is 23.3. The Hall–Kier alpha value is -0.800. The van der Waals surface area contributed by atoms with Crippen LogP contribution in [-0.4, -0.2) is 209 Å². The van der Waals surface area contributed by atoms with E-state index in [2.05, 4.69) is 0 Å². The van der Waals surface area contributed by atoms with E-state index in [0.717, 1.165) is 0 Å². The van der Waals surface area contributed by atoms with Gasteiger partial charge in [0.1, 0.15) is 91.6 Å². The van der Waals surface area contributed by atoms with Crippen LogP contribution in [0.3, 0.4) is 0 Å². The summed E-state index contributed by atoms with van der Waals surface area (Å²) in [5.41, 5.74) is 0. The predicted octanol–water partition coefficient (Wildman–Crippen LogP) is -8.72. The quantitative estimate of drug-likeness (QED) is 0.110. The monoisotopic (exact) mass is 650 g/mol. The lowest BCUT2D eigenvalue weighted by Gasteiger charge is -2.49. The van der Waals surface area contributed by atoms with E-state index in [9.17, 15) is 66.4 Å². The molecule has 4 heterocycles. The maximum Gasteiger partial charge on any atom is 0.187 e. The summed E-state index contributed by atoms with van der Waals surface area (Å²) in [5.74, 6) is 0. The lowest BCUT2D eigenvalue weighted by molar-refractivity contribution is -0.401. The first kappa shape index (κ1) is 36.0. The molecule has 258 valence electrons. The van der Waals surface area contributed by atoms with E-state index >= 15 is 0 Å². The molecule has 1 unspecified atom stereocenters. The van der Waals surface area contributed by atoms with Gasteiger partial charge in [0.25, 0.3) is 0 Å². The first-order valence-corrected chi connectivity index (χ1v) is 14.0. The SMILES string of the molecule is C[C@@H]1O[C@@H](O[C@H]2[C@H](O[C@H]3[C@H](O)[C@@H](CO)OC(O)[C@@H]3O[C@@H]3O[C@H](CO)[C@@H](O)[C@H](O)[C@H]3O)O[C@H](CO)[C@H](O)[C@@H]2O)[C@H](O)[C@H](O)[C@H]1O. The molecule has 0 aromatic rings. The van der Waals surface area contributed by atoms with Gasteiger partial charge in [0, 0.05) is 0 Å². The van der Waals surface area contributed by atoms with E-state index < -0.39 is 143 Å². The minimum atomic E-state index is -2.04. The van der Waals surface area contributed by atoms with Gasteiger partial charge in [0.2, 0.25) is 0 Å². The van der Waals surface area contributed by atoms with E-state index in [1.54, 1.807) is 0 Å². The highest BCUT2D eigenvalue weighted by molar-refractivity contribution is 4.97. The Balaban J connectivity index is 1.62. The molecule has 0 aromatic heterocycles. The second kappa shape index (κ2) is 15.0. The van der Waals surface area contributed by atoms with Crippen LogP contribution in [0.1, 0.15) is 6.92 Å². The van der Waals surface area contributed by atoms with Crippen molar-refractivity contribution in [3.63, 3.8) is 0 Å². The third-order valence-electron chi connectivity index (χ3n) is 8.17. The van der Waals surface area contributed by atoms with Crippen LogP contribution < -0.4 is 0 Å². The van der Waals surface area contributed by atoms with Crippen molar-refractivity contribution in [1.29, 1.82) is 0 Å². The fourth-order valence-electron chi connectivity index (χ4n) is 5.44. The minimum Gasteiger partial charge on any atom is -0.394 e.